The number of benzene rings is 3. The van der Waals surface area contributed by atoms with E-state index < -0.39 is 20.9 Å². The van der Waals surface area contributed by atoms with E-state index in [2.05, 4.69) is 5.32 Å². The number of hydrogen-bond acceptors (Lipinski definition) is 5. The highest BCUT2D eigenvalue weighted by Crippen LogP contribution is 2.30. The summed E-state index contributed by atoms with van der Waals surface area (Å²) in [6.07, 6.45) is 0. The zero-order valence-electron chi connectivity index (χ0n) is 13.7. The van der Waals surface area contributed by atoms with Crippen LogP contribution in [0.3, 0.4) is 0 Å². The van der Waals surface area contributed by atoms with E-state index >= 15 is 0 Å². The van der Waals surface area contributed by atoms with Gasteiger partial charge < -0.3 is 16.2 Å². The van der Waals surface area contributed by atoms with E-state index in [0.29, 0.717) is 22.3 Å². The third kappa shape index (κ3) is 3.46. The molecule has 3 aromatic rings. The van der Waals surface area contributed by atoms with Crippen molar-refractivity contribution in [1.29, 1.82) is 0 Å². The summed E-state index contributed by atoms with van der Waals surface area (Å²) in [4.78, 5) is 12.0. The Labute approximate surface area is 149 Å². The zero-order valence-corrected chi connectivity index (χ0v) is 14.5. The zero-order chi connectivity index (χ0) is 19.1. The van der Waals surface area contributed by atoms with Crippen LogP contribution in [0.25, 0.3) is 10.8 Å². The molecular formula is C18H16N2O5S. The molecule has 0 aliphatic carbocycles. The van der Waals surface area contributed by atoms with Crippen molar-refractivity contribution in [2.24, 2.45) is 0 Å². The number of amides is 1. The lowest BCUT2D eigenvalue weighted by molar-refractivity contribution is 0.102. The average molecular weight is 372 g/mol. The fourth-order valence-electron chi connectivity index (χ4n) is 2.66. The Morgan fingerprint density at radius 2 is 1.81 bits per heavy atom. The van der Waals surface area contributed by atoms with Crippen LogP contribution in [0.4, 0.5) is 11.4 Å². The second kappa shape index (κ2) is 6.32. The number of aromatic hydroxyl groups is 1. The molecule has 0 bridgehead atoms. The molecule has 134 valence electrons. The van der Waals surface area contributed by atoms with Crippen LogP contribution in [0.5, 0.6) is 5.75 Å². The molecule has 1 amide bonds. The van der Waals surface area contributed by atoms with Gasteiger partial charge in [-0.05, 0) is 42.6 Å². The molecule has 0 atom stereocenters. The lowest BCUT2D eigenvalue weighted by Gasteiger charge is -2.11. The Morgan fingerprint density at radius 1 is 1.08 bits per heavy atom. The minimum Gasteiger partial charge on any atom is -0.508 e. The lowest BCUT2D eigenvalue weighted by atomic mass is 10.1. The highest BCUT2D eigenvalue weighted by Gasteiger charge is 2.17. The van der Waals surface area contributed by atoms with Crippen molar-refractivity contribution in [3.05, 3.63) is 59.7 Å². The number of phenols is 1. The summed E-state index contributed by atoms with van der Waals surface area (Å²) < 4.78 is 32.5. The SMILES string of the molecule is Cc1ccc(N)c(C(=O)Nc2ccc3cc(O)cc(S(=O)(=O)O)c3c2)c1. The van der Waals surface area contributed by atoms with E-state index in [1.165, 1.54) is 18.2 Å². The molecule has 5 N–H and O–H groups in total. The first-order valence-electron chi connectivity index (χ1n) is 7.57. The van der Waals surface area contributed by atoms with Gasteiger partial charge in [0.1, 0.15) is 10.6 Å². The monoisotopic (exact) mass is 372 g/mol. The minimum absolute atomic E-state index is 0.167. The molecule has 26 heavy (non-hydrogen) atoms. The second-order valence-electron chi connectivity index (χ2n) is 5.90. The lowest BCUT2D eigenvalue weighted by Crippen LogP contribution is -2.14. The van der Waals surface area contributed by atoms with Crippen molar-refractivity contribution in [3.8, 4) is 5.75 Å². The molecule has 0 spiro atoms. The Balaban J connectivity index is 2.05. The standard InChI is InChI=1S/C18H16N2O5S/c1-10-2-5-16(19)15(6-10)18(22)20-12-4-3-11-7-13(21)9-17(14(11)8-12)26(23,24)25/h2-9,21H,19H2,1H3,(H,20,22)(H,23,24,25). The van der Waals surface area contributed by atoms with Gasteiger partial charge in [-0.3, -0.25) is 9.35 Å². The number of anilines is 2. The number of fused-ring (bicyclic) bond motifs is 1. The van der Waals surface area contributed by atoms with Crippen molar-refractivity contribution in [3.63, 3.8) is 0 Å². The molecule has 0 radical (unpaired) electrons. The molecule has 7 nitrogen and oxygen atoms in total. The van der Waals surface area contributed by atoms with Crippen LogP contribution in [0.2, 0.25) is 0 Å². The molecule has 8 heteroatoms. The van der Waals surface area contributed by atoms with Crippen LogP contribution in [-0.4, -0.2) is 24.0 Å². The third-order valence-corrected chi connectivity index (χ3v) is 4.78. The third-order valence-electron chi connectivity index (χ3n) is 3.89. The number of carbonyl (C=O) groups excluding carboxylic acids is 1. The molecule has 0 heterocycles. The first-order valence-corrected chi connectivity index (χ1v) is 9.01. The number of carbonyl (C=O) groups is 1. The van der Waals surface area contributed by atoms with Gasteiger partial charge in [-0.15, -0.1) is 0 Å². The fraction of sp³-hybridized carbons (Fsp3) is 0.0556. The molecule has 0 aromatic heterocycles. The van der Waals surface area contributed by atoms with Gasteiger partial charge in [0.05, 0.1) is 5.56 Å². The van der Waals surface area contributed by atoms with Gasteiger partial charge >= 0.3 is 0 Å². The second-order valence-corrected chi connectivity index (χ2v) is 7.29. The van der Waals surface area contributed by atoms with Crippen molar-refractivity contribution in [1.82, 2.24) is 0 Å². The summed E-state index contributed by atoms with van der Waals surface area (Å²) in [7, 11) is -4.55. The van der Waals surface area contributed by atoms with Gasteiger partial charge in [0, 0.05) is 22.8 Å². The number of aryl methyl sites for hydroxylation is 1. The van der Waals surface area contributed by atoms with E-state index in [1.807, 2.05) is 6.92 Å². The normalized spacial score (nSPS) is 11.5. The van der Waals surface area contributed by atoms with Gasteiger partial charge in [0.25, 0.3) is 16.0 Å². The largest absolute Gasteiger partial charge is 0.508 e. The topological polar surface area (TPSA) is 130 Å². The minimum atomic E-state index is -4.55. The molecule has 0 fully saturated rings. The Kier molecular flexibility index (Phi) is 4.31. The quantitative estimate of drug-likeness (QED) is 0.413. The number of phenolic OH excluding ortho intramolecular Hbond substituents is 1. The van der Waals surface area contributed by atoms with Crippen LogP contribution in [0.1, 0.15) is 15.9 Å². The van der Waals surface area contributed by atoms with Crippen LogP contribution in [0, 0.1) is 6.92 Å². The van der Waals surface area contributed by atoms with Crippen molar-refractivity contribution in [2.75, 3.05) is 11.1 Å². The predicted molar refractivity (Wildman–Crippen MR) is 99.0 cm³/mol. The van der Waals surface area contributed by atoms with Gasteiger partial charge in [0.2, 0.25) is 0 Å². The fourth-order valence-corrected chi connectivity index (χ4v) is 3.39. The maximum Gasteiger partial charge on any atom is 0.295 e. The van der Waals surface area contributed by atoms with E-state index in [1.54, 1.807) is 24.3 Å². The number of nitrogens with two attached hydrogens (primary N) is 1. The molecular weight excluding hydrogens is 356 g/mol. The van der Waals surface area contributed by atoms with Crippen LogP contribution < -0.4 is 11.1 Å². The van der Waals surface area contributed by atoms with Gasteiger partial charge in [-0.1, -0.05) is 17.7 Å². The van der Waals surface area contributed by atoms with E-state index in [4.69, 9.17) is 5.73 Å². The smallest absolute Gasteiger partial charge is 0.295 e. The van der Waals surface area contributed by atoms with Gasteiger partial charge in [0.15, 0.2) is 0 Å². The van der Waals surface area contributed by atoms with Crippen molar-refractivity contribution >= 4 is 38.2 Å². The summed E-state index contributed by atoms with van der Waals surface area (Å²) >= 11 is 0. The molecule has 0 saturated carbocycles. The maximum atomic E-state index is 12.5. The first kappa shape index (κ1) is 17.7. The van der Waals surface area contributed by atoms with Crippen LogP contribution in [0.15, 0.2) is 53.4 Å². The summed E-state index contributed by atoms with van der Waals surface area (Å²) in [5, 5.41) is 12.9. The highest BCUT2D eigenvalue weighted by molar-refractivity contribution is 7.86. The summed E-state index contributed by atoms with van der Waals surface area (Å²) in [5.74, 6) is -0.743. The molecule has 0 saturated heterocycles. The number of nitrogen functional groups attached to an aromatic ring is 1. The molecule has 3 rings (SSSR count). The van der Waals surface area contributed by atoms with E-state index in [0.717, 1.165) is 11.6 Å². The van der Waals surface area contributed by atoms with E-state index in [9.17, 15) is 22.9 Å². The predicted octanol–water partition coefficient (Wildman–Crippen LogP) is 2.94. The Bertz CT molecular complexity index is 1140. The molecule has 3 aromatic carbocycles. The van der Waals surface area contributed by atoms with Crippen LogP contribution >= 0.6 is 0 Å². The number of rotatable bonds is 3. The van der Waals surface area contributed by atoms with Gasteiger partial charge in [-0.2, -0.15) is 8.42 Å². The van der Waals surface area contributed by atoms with Crippen LogP contribution in [-0.2, 0) is 10.1 Å². The Morgan fingerprint density at radius 3 is 2.50 bits per heavy atom. The highest BCUT2D eigenvalue weighted by atomic mass is 32.2. The van der Waals surface area contributed by atoms with E-state index in [-0.39, 0.29) is 11.1 Å². The molecule has 0 unspecified atom stereocenters. The number of hydrogen-bond donors (Lipinski definition) is 4. The van der Waals surface area contributed by atoms with Gasteiger partial charge in [-0.25, -0.2) is 0 Å². The molecule has 0 aliphatic heterocycles. The average Bonchev–Trinajstić information content (AvgIpc) is 2.55. The first-order chi connectivity index (χ1) is 12.1. The summed E-state index contributed by atoms with van der Waals surface area (Å²) in [5.41, 5.74) is 7.63. The van der Waals surface area contributed by atoms with Crippen molar-refractivity contribution < 1.29 is 22.9 Å². The maximum absolute atomic E-state index is 12.5. The Hall–Kier alpha value is -3.10. The van der Waals surface area contributed by atoms with Crippen molar-refractivity contribution in [2.45, 2.75) is 11.8 Å². The number of nitrogens with one attached hydrogen (secondary N) is 1. The molecule has 0 aliphatic rings. The summed E-state index contributed by atoms with van der Waals surface area (Å²) in [6.45, 7) is 1.83. The summed E-state index contributed by atoms with van der Waals surface area (Å²) in [6, 6.07) is 11.8.